The number of carboxylic acids is 1. The van der Waals surface area contributed by atoms with Gasteiger partial charge in [-0.25, -0.2) is 4.79 Å². The standard InChI is InChI=1S/C14H10N2O2/c17-14(18)13-8-12(15-16-13)11-6-5-9-3-1-2-4-10(9)7-11/h1-8H,(H,15,16)(H,17,18). The summed E-state index contributed by atoms with van der Waals surface area (Å²) in [5.41, 5.74) is 1.63. The first kappa shape index (κ1) is 10.5. The van der Waals surface area contributed by atoms with Gasteiger partial charge in [0.15, 0.2) is 0 Å². The van der Waals surface area contributed by atoms with E-state index in [9.17, 15) is 4.79 Å². The van der Waals surface area contributed by atoms with Crippen molar-refractivity contribution in [3.63, 3.8) is 0 Å². The third-order valence-corrected chi connectivity index (χ3v) is 2.85. The van der Waals surface area contributed by atoms with E-state index in [1.807, 2.05) is 42.5 Å². The second kappa shape index (κ2) is 4.00. The second-order valence-corrected chi connectivity index (χ2v) is 4.03. The Morgan fingerprint density at radius 1 is 1.06 bits per heavy atom. The number of aromatic nitrogens is 2. The number of carbonyl (C=O) groups is 1. The summed E-state index contributed by atoms with van der Waals surface area (Å²) >= 11 is 0. The van der Waals surface area contributed by atoms with Crippen LogP contribution in [-0.2, 0) is 0 Å². The number of benzene rings is 2. The van der Waals surface area contributed by atoms with Crippen LogP contribution in [0.3, 0.4) is 0 Å². The minimum atomic E-state index is -1.01. The average Bonchev–Trinajstić information content (AvgIpc) is 2.88. The molecule has 0 amide bonds. The number of carboxylic acid groups (broad SMARTS) is 1. The number of H-pyrrole nitrogens is 1. The van der Waals surface area contributed by atoms with Crippen molar-refractivity contribution in [3.05, 3.63) is 54.2 Å². The highest BCUT2D eigenvalue weighted by Gasteiger charge is 2.09. The van der Waals surface area contributed by atoms with Crippen molar-refractivity contribution in [3.8, 4) is 11.3 Å². The molecular weight excluding hydrogens is 228 g/mol. The molecule has 3 aromatic rings. The summed E-state index contributed by atoms with van der Waals surface area (Å²) in [5, 5.41) is 17.6. The Morgan fingerprint density at radius 2 is 1.83 bits per heavy atom. The summed E-state index contributed by atoms with van der Waals surface area (Å²) in [7, 11) is 0. The van der Waals surface area contributed by atoms with E-state index in [1.165, 1.54) is 6.07 Å². The number of aromatic amines is 1. The van der Waals surface area contributed by atoms with Gasteiger partial charge in [-0.2, -0.15) is 5.10 Å². The van der Waals surface area contributed by atoms with Gasteiger partial charge in [-0.1, -0.05) is 36.4 Å². The zero-order valence-corrected chi connectivity index (χ0v) is 9.42. The molecule has 3 rings (SSSR count). The van der Waals surface area contributed by atoms with E-state index >= 15 is 0 Å². The fraction of sp³-hybridized carbons (Fsp3) is 0. The summed E-state index contributed by atoms with van der Waals surface area (Å²) in [6, 6.07) is 15.5. The maximum absolute atomic E-state index is 10.8. The van der Waals surface area contributed by atoms with Gasteiger partial charge in [-0.05, 0) is 22.9 Å². The number of hydrogen-bond acceptors (Lipinski definition) is 2. The lowest BCUT2D eigenvalue weighted by molar-refractivity contribution is 0.0690. The first-order valence-electron chi connectivity index (χ1n) is 5.52. The third-order valence-electron chi connectivity index (χ3n) is 2.85. The van der Waals surface area contributed by atoms with E-state index in [-0.39, 0.29) is 5.69 Å². The van der Waals surface area contributed by atoms with Crippen molar-refractivity contribution >= 4 is 16.7 Å². The maximum Gasteiger partial charge on any atom is 0.353 e. The van der Waals surface area contributed by atoms with Crippen LogP contribution in [-0.4, -0.2) is 21.3 Å². The van der Waals surface area contributed by atoms with Crippen LogP contribution in [0.15, 0.2) is 48.5 Å². The SMILES string of the molecule is O=C(O)c1cc(-c2ccc3ccccc3c2)n[nH]1. The summed E-state index contributed by atoms with van der Waals surface area (Å²) in [6.07, 6.45) is 0. The molecule has 0 fully saturated rings. The van der Waals surface area contributed by atoms with Crippen LogP contribution < -0.4 is 0 Å². The quantitative estimate of drug-likeness (QED) is 0.721. The van der Waals surface area contributed by atoms with Crippen molar-refractivity contribution in [2.45, 2.75) is 0 Å². The first-order valence-corrected chi connectivity index (χ1v) is 5.52. The Kier molecular flexibility index (Phi) is 2.34. The van der Waals surface area contributed by atoms with Crippen molar-refractivity contribution in [1.82, 2.24) is 10.2 Å². The predicted molar refractivity (Wildman–Crippen MR) is 68.5 cm³/mol. The van der Waals surface area contributed by atoms with Crippen LogP contribution in [0.5, 0.6) is 0 Å². The Morgan fingerprint density at radius 3 is 2.56 bits per heavy atom. The molecule has 0 unspecified atom stereocenters. The number of rotatable bonds is 2. The van der Waals surface area contributed by atoms with E-state index in [0.717, 1.165) is 16.3 Å². The van der Waals surface area contributed by atoms with Crippen molar-refractivity contribution in [2.24, 2.45) is 0 Å². The minimum Gasteiger partial charge on any atom is -0.477 e. The molecule has 0 saturated heterocycles. The maximum atomic E-state index is 10.8. The van der Waals surface area contributed by atoms with Gasteiger partial charge < -0.3 is 5.11 Å². The number of hydrogen-bond donors (Lipinski definition) is 2. The van der Waals surface area contributed by atoms with E-state index < -0.39 is 5.97 Å². The molecule has 2 aromatic carbocycles. The van der Waals surface area contributed by atoms with Gasteiger partial charge in [-0.3, -0.25) is 5.10 Å². The topological polar surface area (TPSA) is 66.0 Å². The molecule has 18 heavy (non-hydrogen) atoms. The number of aromatic carboxylic acids is 1. The monoisotopic (exact) mass is 238 g/mol. The molecule has 1 aromatic heterocycles. The molecule has 0 aliphatic rings. The van der Waals surface area contributed by atoms with Gasteiger partial charge in [0.1, 0.15) is 5.69 Å². The number of nitrogens with one attached hydrogen (secondary N) is 1. The van der Waals surface area contributed by atoms with Gasteiger partial charge in [-0.15, -0.1) is 0 Å². The lowest BCUT2D eigenvalue weighted by atomic mass is 10.1. The van der Waals surface area contributed by atoms with Crippen LogP contribution in [0.4, 0.5) is 0 Å². The molecule has 0 aliphatic carbocycles. The zero-order valence-electron chi connectivity index (χ0n) is 9.42. The molecule has 0 atom stereocenters. The Balaban J connectivity index is 2.10. The molecule has 0 spiro atoms. The van der Waals surface area contributed by atoms with Gasteiger partial charge in [0, 0.05) is 5.56 Å². The van der Waals surface area contributed by atoms with E-state index in [1.54, 1.807) is 0 Å². The molecule has 88 valence electrons. The van der Waals surface area contributed by atoms with Gasteiger partial charge in [0.05, 0.1) is 5.69 Å². The smallest absolute Gasteiger partial charge is 0.353 e. The average molecular weight is 238 g/mol. The van der Waals surface area contributed by atoms with Crippen LogP contribution >= 0.6 is 0 Å². The van der Waals surface area contributed by atoms with E-state index in [2.05, 4.69) is 10.2 Å². The predicted octanol–water partition coefficient (Wildman–Crippen LogP) is 2.93. The summed E-state index contributed by atoms with van der Waals surface area (Å²) < 4.78 is 0. The second-order valence-electron chi connectivity index (χ2n) is 4.03. The normalized spacial score (nSPS) is 10.7. The van der Waals surface area contributed by atoms with Crippen LogP contribution in [0.25, 0.3) is 22.0 Å². The lowest BCUT2D eigenvalue weighted by Crippen LogP contribution is -1.95. The largest absolute Gasteiger partial charge is 0.477 e. The molecule has 0 aliphatic heterocycles. The fourth-order valence-electron chi connectivity index (χ4n) is 1.93. The molecule has 4 heteroatoms. The highest BCUT2D eigenvalue weighted by molar-refractivity contribution is 5.89. The Labute approximate surface area is 103 Å². The summed E-state index contributed by atoms with van der Waals surface area (Å²) in [5.74, 6) is -1.01. The van der Waals surface area contributed by atoms with Crippen LogP contribution in [0.2, 0.25) is 0 Å². The highest BCUT2D eigenvalue weighted by atomic mass is 16.4. The lowest BCUT2D eigenvalue weighted by Gasteiger charge is -2.00. The van der Waals surface area contributed by atoms with Gasteiger partial charge in [0.25, 0.3) is 0 Å². The molecule has 0 saturated carbocycles. The Bertz CT molecular complexity index is 731. The zero-order chi connectivity index (χ0) is 12.5. The molecule has 1 heterocycles. The Hall–Kier alpha value is -2.62. The summed E-state index contributed by atoms with van der Waals surface area (Å²) in [4.78, 5) is 10.8. The molecule has 0 bridgehead atoms. The first-order chi connectivity index (χ1) is 8.74. The van der Waals surface area contributed by atoms with Gasteiger partial charge >= 0.3 is 5.97 Å². The number of nitrogens with zero attached hydrogens (tertiary/aromatic N) is 1. The van der Waals surface area contributed by atoms with Gasteiger partial charge in [0.2, 0.25) is 0 Å². The van der Waals surface area contributed by atoms with Crippen LogP contribution in [0.1, 0.15) is 10.5 Å². The molecule has 2 N–H and O–H groups in total. The summed E-state index contributed by atoms with van der Waals surface area (Å²) in [6.45, 7) is 0. The third kappa shape index (κ3) is 1.73. The van der Waals surface area contributed by atoms with Crippen molar-refractivity contribution in [1.29, 1.82) is 0 Å². The molecule has 0 radical (unpaired) electrons. The fourth-order valence-corrected chi connectivity index (χ4v) is 1.93. The minimum absolute atomic E-state index is 0.0955. The van der Waals surface area contributed by atoms with Crippen molar-refractivity contribution in [2.75, 3.05) is 0 Å². The highest BCUT2D eigenvalue weighted by Crippen LogP contribution is 2.23. The van der Waals surface area contributed by atoms with Crippen molar-refractivity contribution < 1.29 is 9.90 Å². The van der Waals surface area contributed by atoms with E-state index in [4.69, 9.17) is 5.11 Å². The van der Waals surface area contributed by atoms with E-state index in [0.29, 0.717) is 5.69 Å². The molecular formula is C14H10N2O2. The number of fused-ring (bicyclic) bond motifs is 1. The van der Waals surface area contributed by atoms with Crippen LogP contribution in [0, 0.1) is 0 Å². The molecule has 4 nitrogen and oxygen atoms in total.